The first kappa shape index (κ1) is 18.1. The highest BCUT2D eigenvalue weighted by Crippen LogP contribution is 2.38. The molecule has 2 aromatic carbocycles. The molecule has 0 unspecified atom stereocenters. The van der Waals surface area contributed by atoms with Crippen LogP contribution in [-0.2, 0) is 13.1 Å². The number of fused-ring (bicyclic) bond motifs is 1. The van der Waals surface area contributed by atoms with Gasteiger partial charge in [0.15, 0.2) is 11.3 Å². The predicted molar refractivity (Wildman–Crippen MR) is 110 cm³/mol. The van der Waals surface area contributed by atoms with Gasteiger partial charge in [0.1, 0.15) is 11.5 Å². The monoisotopic (exact) mass is 374 g/mol. The standard InChI is InChI=1S/C23H22N2O3/c1-26-20-8-4-3-7-18(20)22-12-19-17(9-10-21(27-2)23(19)28-22)15-25-14-16-6-5-11-24-13-16/h3-13,25H,14-15H2,1-2H3. The third-order valence-corrected chi connectivity index (χ3v) is 4.70. The zero-order valence-electron chi connectivity index (χ0n) is 15.9. The Balaban J connectivity index is 1.67. The van der Waals surface area contributed by atoms with Crippen molar-refractivity contribution in [2.45, 2.75) is 13.1 Å². The number of furan rings is 1. The topological polar surface area (TPSA) is 56.5 Å². The molecule has 0 atom stereocenters. The molecule has 142 valence electrons. The lowest BCUT2D eigenvalue weighted by Crippen LogP contribution is -2.12. The molecule has 0 radical (unpaired) electrons. The SMILES string of the molecule is COc1ccccc1-c1cc2c(CNCc3cccnc3)ccc(OC)c2o1. The summed E-state index contributed by atoms with van der Waals surface area (Å²) in [6.45, 7) is 1.46. The van der Waals surface area contributed by atoms with E-state index in [0.717, 1.165) is 45.7 Å². The van der Waals surface area contributed by atoms with Gasteiger partial charge < -0.3 is 19.2 Å². The fraction of sp³-hybridized carbons (Fsp3) is 0.174. The summed E-state index contributed by atoms with van der Waals surface area (Å²) in [5.41, 5.74) is 3.94. The first-order valence-electron chi connectivity index (χ1n) is 9.12. The van der Waals surface area contributed by atoms with Crippen molar-refractivity contribution in [2.75, 3.05) is 14.2 Å². The van der Waals surface area contributed by atoms with Crippen molar-refractivity contribution in [1.29, 1.82) is 0 Å². The number of nitrogens with one attached hydrogen (secondary N) is 1. The van der Waals surface area contributed by atoms with Crippen LogP contribution in [0.1, 0.15) is 11.1 Å². The minimum Gasteiger partial charge on any atom is -0.496 e. The summed E-state index contributed by atoms with van der Waals surface area (Å²) in [5.74, 6) is 2.24. The lowest BCUT2D eigenvalue weighted by molar-refractivity contribution is 0.408. The van der Waals surface area contributed by atoms with Gasteiger partial charge >= 0.3 is 0 Å². The Bertz CT molecular complexity index is 1070. The minimum atomic E-state index is 0.709. The molecule has 0 amide bonds. The number of pyridine rings is 1. The number of benzene rings is 2. The average Bonchev–Trinajstić information content (AvgIpc) is 3.20. The van der Waals surface area contributed by atoms with E-state index in [0.29, 0.717) is 12.3 Å². The van der Waals surface area contributed by atoms with Crippen LogP contribution in [0.15, 0.2) is 71.4 Å². The number of hydrogen-bond donors (Lipinski definition) is 1. The summed E-state index contributed by atoms with van der Waals surface area (Å²) in [4.78, 5) is 4.15. The summed E-state index contributed by atoms with van der Waals surface area (Å²) < 4.78 is 17.2. The number of nitrogens with zero attached hydrogens (tertiary/aromatic N) is 1. The molecule has 5 nitrogen and oxygen atoms in total. The molecule has 2 heterocycles. The third kappa shape index (κ3) is 3.57. The van der Waals surface area contributed by atoms with E-state index in [9.17, 15) is 0 Å². The van der Waals surface area contributed by atoms with Gasteiger partial charge in [0.2, 0.25) is 0 Å². The van der Waals surface area contributed by atoms with E-state index in [-0.39, 0.29) is 0 Å². The van der Waals surface area contributed by atoms with Crippen LogP contribution in [-0.4, -0.2) is 19.2 Å². The average molecular weight is 374 g/mol. The molecular weight excluding hydrogens is 352 g/mol. The van der Waals surface area contributed by atoms with Gasteiger partial charge in [0.25, 0.3) is 0 Å². The van der Waals surface area contributed by atoms with E-state index in [1.165, 1.54) is 0 Å². The zero-order valence-corrected chi connectivity index (χ0v) is 15.9. The van der Waals surface area contributed by atoms with E-state index < -0.39 is 0 Å². The van der Waals surface area contributed by atoms with Crippen molar-refractivity contribution in [1.82, 2.24) is 10.3 Å². The smallest absolute Gasteiger partial charge is 0.176 e. The van der Waals surface area contributed by atoms with Gasteiger partial charge in [0, 0.05) is 30.9 Å². The first-order chi connectivity index (χ1) is 13.8. The maximum absolute atomic E-state index is 6.18. The summed E-state index contributed by atoms with van der Waals surface area (Å²) in [7, 11) is 3.32. The largest absolute Gasteiger partial charge is 0.496 e. The molecule has 0 bridgehead atoms. The fourth-order valence-corrected chi connectivity index (χ4v) is 3.29. The summed E-state index contributed by atoms with van der Waals surface area (Å²) in [6, 6.07) is 17.9. The summed E-state index contributed by atoms with van der Waals surface area (Å²) in [5, 5.41) is 4.50. The van der Waals surface area contributed by atoms with Gasteiger partial charge in [-0.05, 0) is 41.5 Å². The van der Waals surface area contributed by atoms with E-state index >= 15 is 0 Å². The van der Waals surface area contributed by atoms with Gasteiger partial charge in [-0.25, -0.2) is 0 Å². The summed E-state index contributed by atoms with van der Waals surface area (Å²) >= 11 is 0. The van der Waals surface area contributed by atoms with Gasteiger partial charge in [-0.3, -0.25) is 4.98 Å². The van der Waals surface area contributed by atoms with Gasteiger partial charge in [-0.15, -0.1) is 0 Å². The van der Waals surface area contributed by atoms with Crippen molar-refractivity contribution in [3.8, 4) is 22.8 Å². The maximum Gasteiger partial charge on any atom is 0.176 e. The lowest BCUT2D eigenvalue weighted by atomic mass is 10.1. The van der Waals surface area contributed by atoms with Crippen LogP contribution >= 0.6 is 0 Å². The van der Waals surface area contributed by atoms with Crippen LogP contribution in [0.25, 0.3) is 22.3 Å². The molecular formula is C23H22N2O3. The molecule has 1 N–H and O–H groups in total. The molecule has 4 aromatic rings. The highest BCUT2D eigenvalue weighted by atomic mass is 16.5. The second-order valence-electron chi connectivity index (χ2n) is 6.45. The van der Waals surface area contributed by atoms with Crippen LogP contribution in [0.4, 0.5) is 0 Å². The molecule has 2 aromatic heterocycles. The molecule has 0 spiro atoms. The van der Waals surface area contributed by atoms with Gasteiger partial charge in [0.05, 0.1) is 19.8 Å². The molecule has 28 heavy (non-hydrogen) atoms. The quantitative estimate of drug-likeness (QED) is 0.503. The maximum atomic E-state index is 6.18. The molecule has 5 heteroatoms. The lowest BCUT2D eigenvalue weighted by Gasteiger charge is -2.08. The normalized spacial score (nSPS) is 10.9. The second kappa shape index (κ2) is 8.15. The number of aromatic nitrogens is 1. The molecule has 4 rings (SSSR count). The Morgan fingerprint density at radius 3 is 2.57 bits per heavy atom. The van der Waals surface area contributed by atoms with Crippen molar-refractivity contribution in [3.05, 3.63) is 78.1 Å². The number of hydrogen-bond acceptors (Lipinski definition) is 5. The zero-order chi connectivity index (χ0) is 19.3. The highest BCUT2D eigenvalue weighted by Gasteiger charge is 2.16. The van der Waals surface area contributed by atoms with E-state index in [2.05, 4.69) is 28.5 Å². The van der Waals surface area contributed by atoms with E-state index in [1.54, 1.807) is 20.4 Å². The third-order valence-electron chi connectivity index (χ3n) is 4.70. The van der Waals surface area contributed by atoms with Crippen molar-refractivity contribution in [3.63, 3.8) is 0 Å². The van der Waals surface area contributed by atoms with Crippen LogP contribution in [0.5, 0.6) is 11.5 Å². The Morgan fingerprint density at radius 1 is 0.929 bits per heavy atom. The Morgan fingerprint density at radius 2 is 1.79 bits per heavy atom. The fourth-order valence-electron chi connectivity index (χ4n) is 3.29. The van der Waals surface area contributed by atoms with Crippen LogP contribution in [0, 0.1) is 0 Å². The van der Waals surface area contributed by atoms with Crippen LogP contribution in [0.3, 0.4) is 0 Å². The van der Waals surface area contributed by atoms with E-state index in [1.807, 2.05) is 42.6 Å². The number of para-hydroxylation sites is 1. The number of ether oxygens (including phenoxy) is 2. The highest BCUT2D eigenvalue weighted by molar-refractivity contribution is 5.90. The molecule has 0 fully saturated rings. The molecule has 0 aliphatic rings. The minimum absolute atomic E-state index is 0.709. The molecule has 0 saturated heterocycles. The Labute approximate surface area is 163 Å². The second-order valence-corrected chi connectivity index (χ2v) is 6.45. The van der Waals surface area contributed by atoms with Crippen molar-refractivity contribution < 1.29 is 13.9 Å². The predicted octanol–water partition coefficient (Wildman–Crippen LogP) is 4.80. The van der Waals surface area contributed by atoms with Gasteiger partial charge in [-0.1, -0.05) is 24.3 Å². The first-order valence-corrected chi connectivity index (χ1v) is 9.12. The summed E-state index contributed by atoms with van der Waals surface area (Å²) in [6.07, 6.45) is 3.65. The van der Waals surface area contributed by atoms with Crippen LogP contribution in [0.2, 0.25) is 0 Å². The van der Waals surface area contributed by atoms with Crippen molar-refractivity contribution >= 4 is 11.0 Å². The number of rotatable bonds is 7. The molecule has 0 aliphatic heterocycles. The van der Waals surface area contributed by atoms with E-state index in [4.69, 9.17) is 13.9 Å². The Kier molecular flexibility index (Phi) is 5.26. The van der Waals surface area contributed by atoms with Crippen LogP contribution < -0.4 is 14.8 Å². The molecule has 0 aliphatic carbocycles. The molecule has 0 saturated carbocycles. The number of methoxy groups -OCH3 is 2. The van der Waals surface area contributed by atoms with Gasteiger partial charge in [-0.2, -0.15) is 0 Å². The van der Waals surface area contributed by atoms with Crippen molar-refractivity contribution in [2.24, 2.45) is 0 Å². The Hall–Kier alpha value is -3.31.